The van der Waals surface area contributed by atoms with Crippen LogP contribution >= 0.6 is 0 Å². The highest BCUT2D eigenvalue weighted by atomic mass is 16.8. The minimum atomic E-state index is -0.584. The molecule has 0 aromatic rings. The van der Waals surface area contributed by atoms with Crippen molar-refractivity contribution in [2.75, 3.05) is 0 Å². The summed E-state index contributed by atoms with van der Waals surface area (Å²) >= 11 is 0. The molecule has 1 aliphatic carbocycles. The first-order valence-electron chi connectivity index (χ1n) is 5.17. The summed E-state index contributed by atoms with van der Waals surface area (Å²) in [5.74, 6) is -0.877. The molecule has 0 spiro atoms. The smallest absolute Gasteiger partial charge is 0.303 e. The van der Waals surface area contributed by atoms with Gasteiger partial charge in [-0.2, -0.15) is 0 Å². The van der Waals surface area contributed by atoms with Crippen molar-refractivity contribution < 1.29 is 19.0 Å². The zero-order valence-electron chi connectivity index (χ0n) is 9.23. The second kappa shape index (κ2) is 3.61. The van der Waals surface area contributed by atoms with Gasteiger partial charge in [0.1, 0.15) is 12.2 Å². The largest absolute Gasteiger partial charge is 0.455 e. The number of carbonyl (C=O) groups excluding carboxylic acids is 1. The van der Waals surface area contributed by atoms with Crippen molar-refractivity contribution in [1.82, 2.24) is 0 Å². The van der Waals surface area contributed by atoms with Crippen LogP contribution < -0.4 is 0 Å². The summed E-state index contributed by atoms with van der Waals surface area (Å²) in [6, 6.07) is 0. The van der Waals surface area contributed by atoms with E-state index in [2.05, 4.69) is 0 Å². The lowest BCUT2D eigenvalue weighted by Crippen LogP contribution is -2.39. The molecule has 2 rings (SSSR count). The Labute approximate surface area is 89.2 Å². The van der Waals surface area contributed by atoms with Gasteiger partial charge < -0.3 is 14.2 Å². The van der Waals surface area contributed by atoms with E-state index in [0.717, 1.165) is 6.42 Å². The van der Waals surface area contributed by atoms with Crippen molar-refractivity contribution >= 4 is 5.97 Å². The molecule has 84 valence electrons. The first-order valence-corrected chi connectivity index (χ1v) is 5.17. The number of hydrogen-bond acceptors (Lipinski definition) is 4. The summed E-state index contributed by atoms with van der Waals surface area (Å²) in [5, 5.41) is 0. The zero-order valence-corrected chi connectivity index (χ0v) is 9.23. The number of fused-ring (bicyclic) bond motifs is 1. The van der Waals surface area contributed by atoms with Crippen molar-refractivity contribution in [1.29, 1.82) is 0 Å². The van der Waals surface area contributed by atoms with Gasteiger partial charge in [0, 0.05) is 6.92 Å². The zero-order chi connectivity index (χ0) is 11.1. The molecule has 0 saturated carbocycles. The number of hydrogen-bond donors (Lipinski definition) is 0. The van der Waals surface area contributed by atoms with Gasteiger partial charge >= 0.3 is 5.97 Å². The van der Waals surface area contributed by atoms with Crippen molar-refractivity contribution in [3.05, 3.63) is 12.2 Å². The van der Waals surface area contributed by atoms with Gasteiger partial charge in [-0.15, -0.1) is 0 Å². The number of carbonyl (C=O) groups is 1. The monoisotopic (exact) mass is 212 g/mol. The van der Waals surface area contributed by atoms with E-state index in [0.29, 0.717) is 0 Å². The lowest BCUT2D eigenvalue weighted by molar-refractivity contribution is -0.164. The fourth-order valence-electron chi connectivity index (χ4n) is 2.08. The van der Waals surface area contributed by atoms with Gasteiger partial charge in [-0.3, -0.25) is 4.79 Å². The Hall–Kier alpha value is -0.870. The summed E-state index contributed by atoms with van der Waals surface area (Å²) < 4.78 is 16.6. The molecule has 1 heterocycles. The average Bonchev–Trinajstić information content (AvgIpc) is 2.39. The minimum absolute atomic E-state index is 0.00523. The Balaban J connectivity index is 2.10. The molecule has 15 heavy (non-hydrogen) atoms. The maximum Gasteiger partial charge on any atom is 0.303 e. The fourth-order valence-corrected chi connectivity index (χ4v) is 2.08. The lowest BCUT2D eigenvalue weighted by atomic mass is 9.99. The van der Waals surface area contributed by atoms with Crippen LogP contribution in [-0.4, -0.2) is 30.1 Å². The molecule has 0 N–H and O–H groups in total. The summed E-state index contributed by atoms with van der Waals surface area (Å²) in [7, 11) is 0. The van der Waals surface area contributed by atoms with Crippen LogP contribution in [0.2, 0.25) is 0 Å². The summed E-state index contributed by atoms with van der Waals surface area (Å²) in [4.78, 5) is 10.9. The predicted octanol–water partition coefficient (Wildman–Crippen LogP) is 1.40. The Kier molecular flexibility index (Phi) is 2.56. The van der Waals surface area contributed by atoms with Gasteiger partial charge in [0.2, 0.25) is 0 Å². The van der Waals surface area contributed by atoms with Gasteiger partial charge in [0.15, 0.2) is 5.79 Å². The van der Waals surface area contributed by atoms with Crippen molar-refractivity contribution in [3.8, 4) is 0 Å². The van der Waals surface area contributed by atoms with E-state index in [9.17, 15) is 4.79 Å². The van der Waals surface area contributed by atoms with Gasteiger partial charge in [0.25, 0.3) is 0 Å². The second-order valence-electron chi connectivity index (χ2n) is 4.38. The molecule has 3 atom stereocenters. The Morgan fingerprint density at radius 1 is 1.47 bits per heavy atom. The topological polar surface area (TPSA) is 44.8 Å². The Morgan fingerprint density at radius 3 is 2.87 bits per heavy atom. The van der Waals surface area contributed by atoms with Gasteiger partial charge in [-0.05, 0) is 26.3 Å². The molecule has 0 unspecified atom stereocenters. The average molecular weight is 212 g/mol. The lowest BCUT2D eigenvalue weighted by Gasteiger charge is -2.26. The van der Waals surface area contributed by atoms with Crippen LogP contribution in [0.4, 0.5) is 0 Å². The fraction of sp³-hybridized carbons (Fsp3) is 0.727. The van der Waals surface area contributed by atoms with Gasteiger partial charge in [0.05, 0.1) is 6.10 Å². The molecule has 1 aliphatic heterocycles. The Morgan fingerprint density at radius 2 is 2.20 bits per heavy atom. The summed E-state index contributed by atoms with van der Waals surface area (Å²) in [5.41, 5.74) is 0. The molecule has 1 fully saturated rings. The predicted molar refractivity (Wildman–Crippen MR) is 53.1 cm³/mol. The van der Waals surface area contributed by atoms with Crippen LogP contribution in [0.25, 0.3) is 0 Å². The van der Waals surface area contributed by atoms with E-state index in [4.69, 9.17) is 14.2 Å². The molecule has 0 amide bonds. The van der Waals surface area contributed by atoms with Crippen LogP contribution in [-0.2, 0) is 19.0 Å². The van der Waals surface area contributed by atoms with Gasteiger partial charge in [-0.25, -0.2) is 0 Å². The molecule has 0 aromatic carbocycles. The van der Waals surface area contributed by atoms with Gasteiger partial charge in [-0.1, -0.05) is 6.08 Å². The molecule has 0 aromatic heterocycles. The van der Waals surface area contributed by atoms with E-state index >= 15 is 0 Å². The van der Waals surface area contributed by atoms with E-state index in [1.165, 1.54) is 6.92 Å². The van der Waals surface area contributed by atoms with Crippen molar-refractivity contribution in [2.24, 2.45) is 0 Å². The quantitative estimate of drug-likeness (QED) is 0.487. The normalized spacial score (nSPS) is 37.4. The molecule has 1 saturated heterocycles. The third-order valence-electron chi connectivity index (χ3n) is 2.54. The number of ether oxygens (including phenoxy) is 3. The summed E-state index contributed by atoms with van der Waals surface area (Å²) in [6.45, 7) is 5.14. The number of esters is 1. The van der Waals surface area contributed by atoms with Crippen LogP contribution in [0, 0.1) is 0 Å². The van der Waals surface area contributed by atoms with E-state index in [1.54, 1.807) is 0 Å². The van der Waals surface area contributed by atoms with E-state index in [1.807, 2.05) is 26.0 Å². The standard InChI is InChI=1S/C11H16O4/c1-7(12)13-8-5-4-6-9-10(8)15-11(2,3)14-9/h4-5,8-10H,6H2,1-3H3/t8-,9-,10-/m0/s1. The van der Waals surface area contributed by atoms with Crippen LogP contribution in [0.1, 0.15) is 27.2 Å². The van der Waals surface area contributed by atoms with Crippen LogP contribution in [0.15, 0.2) is 12.2 Å². The summed E-state index contributed by atoms with van der Waals surface area (Å²) in [6.07, 6.45) is 4.16. The number of rotatable bonds is 1. The molecular formula is C11H16O4. The van der Waals surface area contributed by atoms with Crippen LogP contribution in [0.5, 0.6) is 0 Å². The molecule has 0 radical (unpaired) electrons. The second-order valence-corrected chi connectivity index (χ2v) is 4.38. The van der Waals surface area contributed by atoms with E-state index < -0.39 is 5.79 Å². The van der Waals surface area contributed by atoms with Crippen LogP contribution in [0.3, 0.4) is 0 Å². The first-order chi connectivity index (χ1) is 6.98. The first kappa shape index (κ1) is 10.6. The molecule has 2 aliphatic rings. The van der Waals surface area contributed by atoms with Crippen molar-refractivity contribution in [2.45, 2.75) is 51.3 Å². The highest BCUT2D eigenvalue weighted by Gasteiger charge is 2.46. The molecular weight excluding hydrogens is 196 g/mol. The minimum Gasteiger partial charge on any atom is -0.455 e. The SMILES string of the molecule is CC(=O)O[C@H]1C=CC[C@@H]2OC(C)(C)O[C@@H]12. The highest BCUT2D eigenvalue weighted by molar-refractivity contribution is 5.66. The third kappa shape index (κ3) is 2.21. The van der Waals surface area contributed by atoms with Crippen molar-refractivity contribution in [3.63, 3.8) is 0 Å². The maximum atomic E-state index is 10.9. The molecule has 4 heteroatoms. The molecule has 0 bridgehead atoms. The molecule has 4 nitrogen and oxygen atoms in total. The maximum absolute atomic E-state index is 10.9. The third-order valence-corrected chi connectivity index (χ3v) is 2.54. The Bertz CT molecular complexity index is 295. The van der Waals surface area contributed by atoms with E-state index in [-0.39, 0.29) is 24.3 Å². The highest BCUT2D eigenvalue weighted by Crippen LogP contribution is 2.35.